The van der Waals surface area contributed by atoms with Gasteiger partial charge in [0.2, 0.25) is 10.0 Å². The van der Waals surface area contributed by atoms with Gasteiger partial charge < -0.3 is 10.8 Å². The van der Waals surface area contributed by atoms with Crippen molar-refractivity contribution in [2.45, 2.75) is 17.9 Å². The molecule has 0 aromatic heterocycles. The third-order valence-corrected chi connectivity index (χ3v) is 4.33. The summed E-state index contributed by atoms with van der Waals surface area (Å²) in [7, 11) is -2.70. The van der Waals surface area contributed by atoms with Crippen LogP contribution in [0.25, 0.3) is 0 Å². The van der Waals surface area contributed by atoms with Crippen LogP contribution in [0.4, 0.5) is 4.39 Å². The molecule has 0 amide bonds. The molecule has 1 rings (SSSR count). The Balaban J connectivity index is 3.14. The fraction of sp³-hybridized carbons (Fsp3) is 0.385. The molecule has 20 heavy (non-hydrogen) atoms. The second kappa shape index (κ2) is 6.81. The van der Waals surface area contributed by atoms with Crippen molar-refractivity contribution in [2.24, 2.45) is 5.73 Å². The lowest BCUT2D eigenvalue weighted by atomic mass is 10.2. The zero-order chi connectivity index (χ0) is 15.3. The highest BCUT2D eigenvalue weighted by Gasteiger charge is 2.25. The van der Waals surface area contributed by atoms with E-state index >= 15 is 0 Å². The predicted molar refractivity (Wildman–Crippen MR) is 73.8 cm³/mol. The molecule has 1 aromatic carbocycles. The van der Waals surface area contributed by atoms with Crippen LogP contribution < -0.4 is 5.73 Å². The minimum atomic E-state index is -3.98. The zero-order valence-electron chi connectivity index (χ0n) is 11.3. The first-order valence-electron chi connectivity index (χ1n) is 5.92. The molecule has 0 radical (unpaired) electrons. The second-order valence-corrected chi connectivity index (χ2v) is 6.30. The lowest BCUT2D eigenvalue weighted by Crippen LogP contribution is -2.33. The average molecular weight is 300 g/mol. The predicted octanol–water partition coefficient (Wildman–Crippen LogP) is 0.137. The summed E-state index contributed by atoms with van der Waals surface area (Å²) in [6.07, 6.45) is -0.840. The number of hydrogen-bond donors (Lipinski definition) is 2. The topological polar surface area (TPSA) is 83.6 Å². The number of benzene rings is 1. The molecule has 0 bridgehead atoms. The van der Waals surface area contributed by atoms with Crippen molar-refractivity contribution in [1.82, 2.24) is 4.31 Å². The number of hydrogen-bond acceptors (Lipinski definition) is 4. The molecule has 0 heterocycles. The average Bonchev–Trinajstić information content (AvgIpc) is 2.35. The van der Waals surface area contributed by atoms with E-state index in [9.17, 15) is 17.9 Å². The molecule has 0 saturated heterocycles. The van der Waals surface area contributed by atoms with Crippen molar-refractivity contribution in [1.29, 1.82) is 0 Å². The number of rotatable bonds is 4. The van der Waals surface area contributed by atoms with Crippen LogP contribution in [0.2, 0.25) is 0 Å². The summed E-state index contributed by atoms with van der Waals surface area (Å²) >= 11 is 0. The van der Waals surface area contributed by atoms with Crippen LogP contribution >= 0.6 is 0 Å². The van der Waals surface area contributed by atoms with Gasteiger partial charge in [0.15, 0.2) is 0 Å². The molecule has 1 unspecified atom stereocenters. The minimum Gasteiger partial charge on any atom is -0.392 e. The van der Waals surface area contributed by atoms with E-state index in [1.54, 1.807) is 0 Å². The lowest BCUT2D eigenvalue weighted by Gasteiger charge is -2.18. The molecule has 0 spiro atoms. The van der Waals surface area contributed by atoms with Gasteiger partial charge in [-0.1, -0.05) is 11.8 Å². The van der Waals surface area contributed by atoms with Crippen LogP contribution in [0.1, 0.15) is 12.5 Å². The zero-order valence-corrected chi connectivity index (χ0v) is 12.1. The summed E-state index contributed by atoms with van der Waals surface area (Å²) in [5.41, 5.74) is 5.56. The van der Waals surface area contributed by atoms with Crippen molar-refractivity contribution in [2.75, 3.05) is 20.1 Å². The molecular formula is C13H17FN2O3S. The van der Waals surface area contributed by atoms with E-state index in [0.717, 1.165) is 16.4 Å². The third kappa shape index (κ3) is 4.02. The van der Waals surface area contributed by atoms with Crippen LogP contribution in [-0.2, 0) is 10.0 Å². The number of halogens is 1. The number of likely N-dealkylation sites (N-methyl/N-ethyl adjacent to an activating group) is 1. The van der Waals surface area contributed by atoms with Crippen molar-refractivity contribution in [3.05, 3.63) is 29.6 Å². The number of nitrogens with zero attached hydrogens (tertiary/aromatic N) is 1. The minimum absolute atomic E-state index is 0.115. The highest BCUT2D eigenvalue weighted by Crippen LogP contribution is 2.19. The van der Waals surface area contributed by atoms with E-state index in [1.807, 2.05) is 0 Å². The van der Waals surface area contributed by atoms with Gasteiger partial charge in [-0.05, 0) is 25.1 Å². The highest BCUT2D eigenvalue weighted by molar-refractivity contribution is 7.89. The summed E-state index contributed by atoms with van der Waals surface area (Å²) in [6, 6.07) is 3.62. The molecule has 5 nitrogen and oxygen atoms in total. The quantitative estimate of drug-likeness (QED) is 0.775. The summed E-state index contributed by atoms with van der Waals surface area (Å²) in [4.78, 5) is -0.445. The van der Waals surface area contributed by atoms with E-state index in [4.69, 9.17) is 5.73 Å². The largest absolute Gasteiger partial charge is 0.392 e. The Morgan fingerprint density at radius 2 is 2.15 bits per heavy atom. The van der Waals surface area contributed by atoms with Gasteiger partial charge in [-0.15, -0.1) is 0 Å². The summed E-state index contributed by atoms with van der Waals surface area (Å²) in [5.74, 6) is 4.30. The Morgan fingerprint density at radius 1 is 1.50 bits per heavy atom. The highest BCUT2D eigenvalue weighted by atomic mass is 32.2. The SMILES string of the molecule is CC(O)CN(C)S(=O)(=O)c1ccc(C#CCN)cc1F. The fourth-order valence-electron chi connectivity index (χ4n) is 1.58. The molecule has 3 N–H and O–H groups in total. The Morgan fingerprint density at radius 3 is 2.65 bits per heavy atom. The van der Waals surface area contributed by atoms with Crippen molar-refractivity contribution >= 4 is 10.0 Å². The van der Waals surface area contributed by atoms with Crippen LogP contribution in [-0.4, -0.2) is 44.1 Å². The van der Waals surface area contributed by atoms with Crippen LogP contribution in [0.5, 0.6) is 0 Å². The van der Waals surface area contributed by atoms with Gasteiger partial charge in [0.1, 0.15) is 10.7 Å². The lowest BCUT2D eigenvalue weighted by molar-refractivity contribution is 0.171. The molecule has 1 aromatic rings. The van der Waals surface area contributed by atoms with Crippen LogP contribution in [0, 0.1) is 17.7 Å². The number of sulfonamides is 1. The molecule has 0 aliphatic rings. The van der Waals surface area contributed by atoms with Gasteiger partial charge >= 0.3 is 0 Å². The Bertz CT molecular complexity index is 633. The molecule has 1 atom stereocenters. The van der Waals surface area contributed by atoms with Crippen LogP contribution in [0.3, 0.4) is 0 Å². The maximum Gasteiger partial charge on any atom is 0.245 e. The van der Waals surface area contributed by atoms with E-state index in [0.29, 0.717) is 5.56 Å². The Hall–Kier alpha value is -1.46. The Kier molecular flexibility index (Phi) is 5.65. The summed E-state index contributed by atoms with van der Waals surface area (Å²) in [6.45, 7) is 1.48. The van der Waals surface area contributed by atoms with Gasteiger partial charge in [-0.25, -0.2) is 12.8 Å². The van der Waals surface area contributed by atoms with E-state index in [2.05, 4.69) is 11.8 Å². The van der Waals surface area contributed by atoms with E-state index < -0.39 is 26.8 Å². The van der Waals surface area contributed by atoms with Gasteiger partial charge in [0.25, 0.3) is 0 Å². The Labute approximate surface area is 118 Å². The number of nitrogens with two attached hydrogens (primary N) is 1. The molecule has 0 saturated carbocycles. The first kappa shape index (κ1) is 16.6. The van der Waals surface area contributed by atoms with Crippen LogP contribution in [0.15, 0.2) is 23.1 Å². The normalized spacial score (nSPS) is 12.9. The van der Waals surface area contributed by atoms with Gasteiger partial charge in [0.05, 0.1) is 12.6 Å². The van der Waals surface area contributed by atoms with Gasteiger partial charge in [0, 0.05) is 19.2 Å². The monoisotopic (exact) mass is 300 g/mol. The maximum atomic E-state index is 13.9. The number of aliphatic hydroxyl groups is 1. The third-order valence-electron chi connectivity index (χ3n) is 2.48. The summed E-state index contributed by atoms with van der Waals surface area (Å²) < 4.78 is 39.1. The fourth-order valence-corrected chi connectivity index (χ4v) is 2.87. The first-order chi connectivity index (χ1) is 9.28. The molecular weight excluding hydrogens is 283 g/mol. The van der Waals surface area contributed by atoms with E-state index in [-0.39, 0.29) is 13.1 Å². The molecule has 0 aliphatic heterocycles. The smallest absolute Gasteiger partial charge is 0.245 e. The second-order valence-electron chi connectivity index (χ2n) is 4.29. The number of aliphatic hydroxyl groups excluding tert-OH is 1. The molecule has 110 valence electrons. The molecule has 0 aliphatic carbocycles. The maximum absolute atomic E-state index is 13.9. The van der Waals surface area contributed by atoms with Gasteiger partial charge in [-0.3, -0.25) is 0 Å². The van der Waals surface area contributed by atoms with Gasteiger partial charge in [-0.2, -0.15) is 4.31 Å². The van der Waals surface area contributed by atoms with Crippen molar-refractivity contribution < 1.29 is 17.9 Å². The van der Waals surface area contributed by atoms with Crippen molar-refractivity contribution in [3.8, 4) is 11.8 Å². The standard InChI is InChI=1S/C13H17FN2O3S/c1-10(17)9-16(2)20(18,19)13-6-5-11(4-3-7-15)8-12(13)14/h5-6,8,10,17H,7,9,15H2,1-2H3. The molecule has 7 heteroatoms. The van der Waals surface area contributed by atoms with E-state index in [1.165, 1.54) is 20.0 Å². The summed E-state index contributed by atoms with van der Waals surface area (Å²) in [5, 5.41) is 9.21. The molecule has 0 fully saturated rings. The van der Waals surface area contributed by atoms with Crippen molar-refractivity contribution in [3.63, 3.8) is 0 Å². The first-order valence-corrected chi connectivity index (χ1v) is 7.36.